The van der Waals surface area contributed by atoms with E-state index in [-0.39, 0.29) is 5.92 Å². The monoisotopic (exact) mass is 230 g/mol. The molecule has 0 radical (unpaired) electrons. The molecule has 7 unspecified atom stereocenters. The molecule has 0 aromatic rings. The molecule has 4 rings (SSSR count). The molecule has 0 aromatic carbocycles. The molecule has 0 heterocycles. The lowest BCUT2D eigenvalue weighted by Gasteiger charge is -2.39. The van der Waals surface area contributed by atoms with E-state index in [9.17, 15) is 13.2 Å². The third-order valence-electron chi connectivity index (χ3n) is 6.15. The molecule has 4 fully saturated rings. The fraction of sp³-hybridized carbons (Fsp3) is 1.00. The highest BCUT2D eigenvalue weighted by molar-refractivity contribution is 5.11. The summed E-state index contributed by atoms with van der Waals surface area (Å²) in [5, 5.41) is 0. The largest absolute Gasteiger partial charge is 0.392 e. The Morgan fingerprint density at radius 1 is 0.750 bits per heavy atom. The van der Waals surface area contributed by atoms with E-state index in [0.717, 1.165) is 12.3 Å². The number of rotatable bonds is 0. The van der Waals surface area contributed by atoms with Gasteiger partial charge in [0.25, 0.3) is 0 Å². The molecule has 7 atom stereocenters. The lowest BCUT2D eigenvalue weighted by atomic mass is 9.67. The first kappa shape index (κ1) is 9.78. The Balaban J connectivity index is 1.66. The lowest BCUT2D eigenvalue weighted by molar-refractivity contribution is -0.196. The van der Waals surface area contributed by atoms with Crippen LogP contribution in [0, 0.1) is 41.4 Å². The highest BCUT2D eigenvalue weighted by atomic mass is 19.4. The molecule has 0 nitrogen and oxygen atoms in total. The molecule has 16 heavy (non-hydrogen) atoms. The van der Waals surface area contributed by atoms with Crippen LogP contribution in [0.2, 0.25) is 0 Å². The van der Waals surface area contributed by atoms with E-state index < -0.39 is 12.1 Å². The summed E-state index contributed by atoms with van der Waals surface area (Å²) in [4.78, 5) is 0. The van der Waals surface area contributed by atoms with Crippen LogP contribution in [0.5, 0.6) is 0 Å². The standard InChI is InChI=1S/C13H17F3/c14-13(15,16)10-5-8-4-9(10)12-7-2-1-6(3-7)11(8)12/h6-12H,1-5H2. The molecule has 0 spiro atoms. The minimum Gasteiger partial charge on any atom is -0.171 e. The molecule has 0 aromatic heterocycles. The number of halogens is 3. The highest BCUT2D eigenvalue weighted by Gasteiger charge is 2.66. The molecule has 0 amide bonds. The van der Waals surface area contributed by atoms with Crippen molar-refractivity contribution in [3.05, 3.63) is 0 Å². The molecule has 0 saturated heterocycles. The predicted molar refractivity (Wildman–Crippen MR) is 53.6 cm³/mol. The van der Waals surface area contributed by atoms with Gasteiger partial charge in [-0.3, -0.25) is 0 Å². The molecule has 4 aliphatic carbocycles. The molecule has 0 N–H and O–H groups in total. The average molecular weight is 230 g/mol. The number of alkyl halides is 3. The molecule has 4 aliphatic rings. The average Bonchev–Trinajstić information content (AvgIpc) is 2.94. The quantitative estimate of drug-likeness (QED) is 0.554. The van der Waals surface area contributed by atoms with E-state index in [2.05, 4.69) is 0 Å². The summed E-state index contributed by atoms with van der Waals surface area (Å²) < 4.78 is 38.8. The van der Waals surface area contributed by atoms with Crippen LogP contribution in [0.4, 0.5) is 13.2 Å². The van der Waals surface area contributed by atoms with Gasteiger partial charge in [0.05, 0.1) is 5.92 Å². The van der Waals surface area contributed by atoms with Crippen LogP contribution >= 0.6 is 0 Å². The zero-order chi connectivity index (χ0) is 11.1. The molecule has 0 aliphatic heterocycles. The van der Waals surface area contributed by atoms with Crippen LogP contribution in [-0.4, -0.2) is 6.18 Å². The van der Waals surface area contributed by atoms with Crippen LogP contribution in [0.1, 0.15) is 32.1 Å². The SMILES string of the molecule is FC(F)(F)C1CC2CC1C1C3CCC(C3)C21. The summed E-state index contributed by atoms with van der Waals surface area (Å²) in [5.74, 6) is 2.11. The minimum atomic E-state index is -3.92. The Kier molecular flexibility index (Phi) is 1.70. The van der Waals surface area contributed by atoms with Gasteiger partial charge in [-0.2, -0.15) is 13.2 Å². The zero-order valence-electron chi connectivity index (χ0n) is 9.21. The van der Waals surface area contributed by atoms with Crippen molar-refractivity contribution in [2.45, 2.75) is 38.3 Å². The van der Waals surface area contributed by atoms with Crippen molar-refractivity contribution in [3.8, 4) is 0 Å². The van der Waals surface area contributed by atoms with Crippen molar-refractivity contribution in [1.29, 1.82) is 0 Å². The Hall–Kier alpha value is -0.210. The van der Waals surface area contributed by atoms with Crippen molar-refractivity contribution in [3.63, 3.8) is 0 Å². The summed E-state index contributed by atoms with van der Waals surface area (Å²) in [6.07, 6.45) is 1.22. The first-order valence-corrected chi connectivity index (χ1v) is 6.62. The summed E-state index contributed by atoms with van der Waals surface area (Å²) >= 11 is 0. The second-order valence-corrected chi connectivity index (χ2v) is 6.53. The van der Waals surface area contributed by atoms with E-state index >= 15 is 0 Å². The van der Waals surface area contributed by atoms with E-state index in [1.165, 1.54) is 19.3 Å². The van der Waals surface area contributed by atoms with Gasteiger partial charge in [0.15, 0.2) is 0 Å². The maximum Gasteiger partial charge on any atom is 0.392 e. The third-order valence-corrected chi connectivity index (χ3v) is 6.15. The second-order valence-electron chi connectivity index (χ2n) is 6.53. The van der Waals surface area contributed by atoms with Crippen molar-refractivity contribution < 1.29 is 13.2 Å². The summed E-state index contributed by atoms with van der Waals surface area (Å²) in [7, 11) is 0. The molecular formula is C13H17F3. The van der Waals surface area contributed by atoms with Crippen LogP contribution < -0.4 is 0 Å². The van der Waals surface area contributed by atoms with Gasteiger partial charge in [-0.15, -0.1) is 0 Å². The van der Waals surface area contributed by atoms with Gasteiger partial charge >= 0.3 is 6.18 Å². The van der Waals surface area contributed by atoms with Crippen molar-refractivity contribution in [2.24, 2.45) is 41.4 Å². The molecule has 4 bridgehead atoms. The Bertz CT molecular complexity index is 322. The van der Waals surface area contributed by atoms with Crippen LogP contribution in [0.25, 0.3) is 0 Å². The number of fused-ring (bicyclic) bond motifs is 9. The zero-order valence-corrected chi connectivity index (χ0v) is 9.21. The van der Waals surface area contributed by atoms with Crippen molar-refractivity contribution in [1.82, 2.24) is 0 Å². The predicted octanol–water partition coefficient (Wildman–Crippen LogP) is 3.87. The first-order valence-electron chi connectivity index (χ1n) is 6.62. The summed E-state index contributed by atoms with van der Waals surface area (Å²) in [6, 6.07) is 0. The molecular weight excluding hydrogens is 213 g/mol. The van der Waals surface area contributed by atoms with Gasteiger partial charge in [-0.1, -0.05) is 0 Å². The summed E-state index contributed by atoms with van der Waals surface area (Å²) in [6.45, 7) is 0. The number of hydrogen-bond acceptors (Lipinski definition) is 0. The summed E-state index contributed by atoms with van der Waals surface area (Å²) in [5.41, 5.74) is 0. The fourth-order valence-electron chi connectivity index (χ4n) is 5.94. The fourth-order valence-corrected chi connectivity index (χ4v) is 5.94. The topological polar surface area (TPSA) is 0 Å². The van der Waals surface area contributed by atoms with Crippen LogP contribution in [0.3, 0.4) is 0 Å². The van der Waals surface area contributed by atoms with Crippen molar-refractivity contribution in [2.75, 3.05) is 0 Å². The minimum absolute atomic E-state index is 0.00491. The van der Waals surface area contributed by atoms with Crippen molar-refractivity contribution >= 4 is 0 Å². The van der Waals surface area contributed by atoms with Gasteiger partial charge in [0.2, 0.25) is 0 Å². The van der Waals surface area contributed by atoms with Crippen LogP contribution in [-0.2, 0) is 0 Å². The second kappa shape index (κ2) is 2.78. The normalized spacial score (nSPS) is 58.3. The maximum atomic E-state index is 12.9. The number of hydrogen-bond donors (Lipinski definition) is 0. The highest BCUT2D eigenvalue weighted by Crippen LogP contribution is 2.70. The van der Waals surface area contributed by atoms with E-state index in [0.29, 0.717) is 30.1 Å². The maximum absolute atomic E-state index is 12.9. The van der Waals surface area contributed by atoms with E-state index in [1.807, 2.05) is 0 Å². The van der Waals surface area contributed by atoms with E-state index in [1.54, 1.807) is 0 Å². The first-order chi connectivity index (χ1) is 7.55. The van der Waals surface area contributed by atoms with Gasteiger partial charge in [-0.05, 0) is 67.6 Å². The molecule has 4 saturated carbocycles. The van der Waals surface area contributed by atoms with Gasteiger partial charge < -0.3 is 0 Å². The molecule has 3 heteroatoms. The van der Waals surface area contributed by atoms with Gasteiger partial charge in [0.1, 0.15) is 0 Å². The Labute approximate surface area is 93.6 Å². The van der Waals surface area contributed by atoms with Gasteiger partial charge in [0, 0.05) is 0 Å². The third kappa shape index (κ3) is 1.03. The lowest BCUT2D eigenvalue weighted by Crippen LogP contribution is -2.38. The molecule has 90 valence electrons. The Morgan fingerprint density at radius 3 is 2.12 bits per heavy atom. The van der Waals surface area contributed by atoms with E-state index in [4.69, 9.17) is 0 Å². The Morgan fingerprint density at radius 2 is 1.44 bits per heavy atom. The van der Waals surface area contributed by atoms with Crippen LogP contribution in [0.15, 0.2) is 0 Å². The van der Waals surface area contributed by atoms with Gasteiger partial charge in [-0.25, -0.2) is 0 Å². The smallest absolute Gasteiger partial charge is 0.171 e.